The van der Waals surface area contributed by atoms with E-state index in [1.165, 1.54) is 0 Å². The lowest BCUT2D eigenvalue weighted by Crippen LogP contribution is -2.28. The number of pyridine rings is 1. The maximum Gasteiger partial charge on any atom is 0.108 e. The number of anilines is 2. The molecular weight excluding hydrogens is 338 g/mol. The Bertz CT molecular complexity index is 679. The van der Waals surface area contributed by atoms with Crippen LogP contribution in [-0.2, 0) is 6.54 Å². The summed E-state index contributed by atoms with van der Waals surface area (Å²) in [7, 11) is 0. The zero-order valence-corrected chi connectivity index (χ0v) is 13.5. The molecule has 1 aromatic heterocycles. The largest absolute Gasteiger partial charge is 0.334 e. The van der Waals surface area contributed by atoms with Gasteiger partial charge in [0.2, 0.25) is 0 Å². The van der Waals surface area contributed by atoms with Gasteiger partial charge in [-0.2, -0.15) is 5.26 Å². The van der Waals surface area contributed by atoms with Crippen LogP contribution in [0.5, 0.6) is 0 Å². The van der Waals surface area contributed by atoms with Crippen molar-refractivity contribution in [1.29, 1.82) is 5.26 Å². The minimum absolute atomic E-state index is 0.584. The molecule has 102 valence electrons. The van der Waals surface area contributed by atoms with Crippen molar-refractivity contribution in [3.05, 3.63) is 51.2 Å². The first-order valence-electron chi connectivity index (χ1n) is 6.31. The molecule has 0 aliphatic carbocycles. The van der Waals surface area contributed by atoms with E-state index in [1.807, 2.05) is 31.0 Å². The van der Waals surface area contributed by atoms with E-state index in [1.54, 1.807) is 18.2 Å². The van der Waals surface area contributed by atoms with E-state index in [-0.39, 0.29) is 0 Å². The molecule has 2 heterocycles. The van der Waals surface area contributed by atoms with Crippen LogP contribution in [0.15, 0.2) is 35.1 Å². The molecule has 0 amide bonds. The summed E-state index contributed by atoms with van der Waals surface area (Å²) < 4.78 is 0.775. The topological polar surface area (TPSA) is 39.9 Å². The molecule has 0 radical (unpaired) electrons. The van der Waals surface area contributed by atoms with Crippen molar-refractivity contribution in [1.82, 2.24) is 4.98 Å². The Morgan fingerprint density at radius 1 is 1.40 bits per heavy atom. The smallest absolute Gasteiger partial charge is 0.108 e. The third kappa shape index (κ3) is 2.52. The van der Waals surface area contributed by atoms with Gasteiger partial charge in [-0.15, -0.1) is 0 Å². The standard InChI is InChI=1S/C13H7BrClN3.C2H6/c14-12-4-11-9(6-17-12)7-18(11)13-8(5-16)2-1-3-10(13)15;1-2/h1-4,6H,7H2;1-2H3. The van der Waals surface area contributed by atoms with E-state index in [0.717, 1.165) is 28.1 Å². The Labute approximate surface area is 131 Å². The van der Waals surface area contributed by atoms with Gasteiger partial charge in [0.15, 0.2) is 0 Å². The summed E-state index contributed by atoms with van der Waals surface area (Å²) in [6.07, 6.45) is 1.83. The molecule has 0 saturated heterocycles. The van der Waals surface area contributed by atoms with Crippen molar-refractivity contribution < 1.29 is 0 Å². The van der Waals surface area contributed by atoms with Crippen molar-refractivity contribution in [2.75, 3.05) is 4.90 Å². The number of hydrogen-bond donors (Lipinski definition) is 0. The molecule has 0 fully saturated rings. The maximum absolute atomic E-state index is 9.16. The van der Waals surface area contributed by atoms with Crippen LogP contribution in [0, 0.1) is 11.3 Å². The van der Waals surface area contributed by atoms with Crippen LogP contribution >= 0.6 is 27.5 Å². The predicted octanol–water partition coefficient (Wildman–Crippen LogP) is 5.05. The average Bonchev–Trinajstić information content (AvgIpc) is 2.46. The van der Waals surface area contributed by atoms with Gasteiger partial charge in [-0.1, -0.05) is 31.5 Å². The second-order valence-corrected chi connectivity index (χ2v) is 5.19. The molecule has 2 aromatic rings. The molecule has 0 saturated carbocycles. The normalized spacial score (nSPS) is 11.7. The summed E-state index contributed by atoms with van der Waals surface area (Å²) in [5.41, 5.74) is 3.55. The molecular formula is C15H13BrClN3. The molecule has 3 rings (SSSR count). The molecule has 20 heavy (non-hydrogen) atoms. The number of fused-ring (bicyclic) bond motifs is 1. The molecule has 0 N–H and O–H groups in total. The average molecular weight is 351 g/mol. The van der Waals surface area contributed by atoms with Crippen molar-refractivity contribution >= 4 is 38.9 Å². The van der Waals surface area contributed by atoms with Gasteiger partial charge in [0.25, 0.3) is 0 Å². The van der Waals surface area contributed by atoms with Gasteiger partial charge in [-0.3, -0.25) is 0 Å². The van der Waals surface area contributed by atoms with E-state index >= 15 is 0 Å². The number of para-hydroxylation sites is 1. The predicted molar refractivity (Wildman–Crippen MR) is 85.3 cm³/mol. The minimum Gasteiger partial charge on any atom is -0.334 e. The summed E-state index contributed by atoms with van der Waals surface area (Å²) in [6, 6.07) is 9.47. The molecule has 1 aliphatic rings. The molecule has 1 aromatic carbocycles. The molecule has 1 aliphatic heterocycles. The van der Waals surface area contributed by atoms with Crippen molar-refractivity contribution in [3.8, 4) is 6.07 Å². The highest BCUT2D eigenvalue weighted by Crippen LogP contribution is 2.44. The third-order valence-corrected chi connectivity index (χ3v) is 3.66. The summed E-state index contributed by atoms with van der Waals surface area (Å²) in [6.45, 7) is 4.73. The van der Waals surface area contributed by atoms with Gasteiger partial charge >= 0.3 is 0 Å². The number of rotatable bonds is 1. The fourth-order valence-electron chi connectivity index (χ4n) is 2.07. The Balaban J connectivity index is 0.000000704. The summed E-state index contributed by atoms with van der Waals surface area (Å²) in [5, 5.41) is 9.75. The van der Waals surface area contributed by atoms with Crippen LogP contribution in [0.4, 0.5) is 11.4 Å². The molecule has 0 atom stereocenters. The number of nitrogens with zero attached hydrogens (tertiary/aromatic N) is 3. The van der Waals surface area contributed by atoms with Crippen LogP contribution in [0.1, 0.15) is 25.0 Å². The van der Waals surface area contributed by atoms with Gasteiger partial charge in [-0.05, 0) is 34.1 Å². The van der Waals surface area contributed by atoms with E-state index in [9.17, 15) is 0 Å². The van der Waals surface area contributed by atoms with Crippen LogP contribution in [0.3, 0.4) is 0 Å². The van der Waals surface area contributed by atoms with E-state index in [4.69, 9.17) is 16.9 Å². The lowest BCUT2D eigenvalue weighted by molar-refractivity contribution is 0.867. The fraction of sp³-hybridized carbons (Fsp3) is 0.200. The number of halogens is 2. The first-order valence-corrected chi connectivity index (χ1v) is 7.48. The quantitative estimate of drug-likeness (QED) is 0.676. The van der Waals surface area contributed by atoms with Crippen molar-refractivity contribution in [3.63, 3.8) is 0 Å². The van der Waals surface area contributed by atoms with Crippen LogP contribution in [0.25, 0.3) is 0 Å². The van der Waals surface area contributed by atoms with Crippen LogP contribution in [-0.4, -0.2) is 4.98 Å². The summed E-state index contributed by atoms with van der Waals surface area (Å²) in [5.74, 6) is 0. The Hall–Kier alpha value is -1.57. The van der Waals surface area contributed by atoms with Gasteiger partial charge in [0.05, 0.1) is 28.5 Å². The Morgan fingerprint density at radius 3 is 2.85 bits per heavy atom. The van der Waals surface area contributed by atoms with Crippen LogP contribution in [0.2, 0.25) is 5.02 Å². The number of benzene rings is 1. The monoisotopic (exact) mass is 349 g/mol. The lowest BCUT2D eigenvalue weighted by atomic mass is 10.0. The van der Waals surface area contributed by atoms with Crippen molar-refractivity contribution in [2.24, 2.45) is 0 Å². The second-order valence-electron chi connectivity index (χ2n) is 3.97. The van der Waals surface area contributed by atoms with Gasteiger partial charge in [0, 0.05) is 11.8 Å². The maximum atomic E-state index is 9.16. The third-order valence-electron chi connectivity index (χ3n) is 2.92. The Morgan fingerprint density at radius 2 is 2.15 bits per heavy atom. The minimum atomic E-state index is 0.584. The van der Waals surface area contributed by atoms with Gasteiger partial charge in [0.1, 0.15) is 10.7 Å². The van der Waals surface area contributed by atoms with E-state index < -0.39 is 0 Å². The van der Waals surface area contributed by atoms with E-state index in [0.29, 0.717) is 10.6 Å². The zero-order valence-electron chi connectivity index (χ0n) is 11.2. The van der Waals surface area contributed by atoms with Crippen molar-refractivity contribution in [2.45, 2.75) is 20.4 Å². The number of hydrogen-bond acceptors (Lipinski definition) is 3. The van der Waals surface area contributed by atoms with Gasteiger partial charge < -0.3 is 4.90 Å². The SMILES string of the molecule is CC.N#Cc1cccc(Cl)c1N1Cc2cnc(Br)cc21. The zero-order chi connectivity index (χ0) is 14.7. The first kappa shape index (κ1) is 14.8. The highest BCUT2D eigenvalue weighted by Gasteiger charge is 2.28. The highest BCUT2D eigenvalue weighted by molar-refractivity contribution is 9.10. The van der Waals surface area contributed by atoms with Crippen LogP contribution < -0.4 is 4.90 Å². The summed E-state index contributed by atoms with van der Waals surface area (Å²) >= 11 is 9.55. The van der Waals surface area contributed by atoms with E-state index in [2.05, 4.69) is 27.0 Å². The highest BCUT2D eigenvalue weighted by atomic mass is 79.9. The molecule has 0 spiro atoms. The van der Waals surface area contributed by atoms with Gasteiger partial charge in [-0.25, -0.2) is 4.98 Å². The molecule has 0 unspecified atom stereocenters. The summed E-state index contributed by atoms with van der Waals surface area (Å²) in [4.78, 5) is 6.21. The Kier molecular flexibility index (Phi) is 4.64. The fourth-order valence-corrected chi connectivity index (χ4v) is 2.66. The molecule has 3 nitrogen and oxygen atoms in total. The first-order chi connectivity index (χ1) is 9.70. The lowest BCUT2D eigenvalue weighted by Gasteiger charge is -2.36. The number of aromatic nitrogens is 1. The second kappa shape index (κ2) is 6.25. The molecule has 5 heteroatoms. The molecule has 0 bridgehead atoms. The number of nitriles is 1.